The van der Waals surface area contributed by atoms with Gasteiger partial charge in [-0.05, 0) is 36.4 Å². The van der Waals surface area contributed by atoms with Crippen molar-refractivity contribution in [3.8, 4) is 11.3 Å². The Hall–Kier alpha value is -3.72. The summed E-state index contributed by atoms with van der Waals surface area (Å²) in [5, 5.41) is 6.32. The minimum absolute atomic E-state index is 0.487. The highest BCUT2D eigenvalue weighted by molar-refractivity contribution is 5.88. The lowest BCUT2D eigenvalue weighted by molar-refractivity contribution is 0.122. The van der Waals surface area contributed by atoms with Gasteiger partial charge >= 0.3 is 0 Å². The molecule has 0 spiro atoms. The number of nitrogens with one attached hydrogen (secondary N) is 3. The van der Waals surface area contributed by atoms with Gasteiger partial charge in [-0.3, -0.25) is 0 Å². The van der Waals surface area contributed by atoms with Crippen molar-refractivity contribution in [2.24, 2.45) is 0 Å². The van der Waals surface area contributed by atoms with Crippen LogP contribution in [0.3, 0.4) is 0 Å². The van der Waals surface area contributed by atoms with E-state index in [1.165, 1.54) is 5.69 Å². The van der Waals surface area contributed by atoms with E-state index in [9.17, 15) is 0 Å². The lowest BCUT2D eigenvalue weighted by Gasteiger charge is -2.28. The number of pyridine rings is 1. The van der Waals surface area contributed by atoms with Gasteiger partial charge in [-0.25, -0.2) is 15.0 Å². The van der Waals surface area contributed by atoms with Gasteiger partial charge in [-0.2, -0.15) is 4.98 Å². The van der Waals surface area contributed by atoms with Gasteiger partial charge in [0.25, 0.3) is 0 Å². The van der Waals surface area contributed by atoms with Crippen molar-refractivity contribution in [2.45, 2.75) is 0 Å². The van der Waals surface area contributed by atoms with Crippen molar-refractivity contribution >= 4 is 34.3 Å². The minimum atomic E-state index is 0.487. The molecule has 1 saturated heterocycles. The number of anilines is 4. The van der Waals surface area contributed by atoms with E-state index in [2.05, 4.69) is 47.6 Å². The van der Waals surface area contributed by atoms with Crippen molar-refractivity contribution < 1.29 is 4.74 Å². The molecule has 152 valence electrons. The number of morpholine rings is 1. The SMILES string of the molecule is CNc1ccc(-c2nc(Nc3ccc(N4CCOCC4)cc3)nc3nc[nH]c23)cn1. The normalized spacial score (nSPS) is 14.1. The van der Waals surface area contributed by atoms with Crippen molar-refractivity contribution in [2.75, 3.05) is 48.9 Å². The number of rotatable bonds is 5. The van der Waals surface area contributed by atoms with Gasteiger partial charge in [-0.1, -0.05) is 0 Å². The van der Waals surface area contributed by atoms with Gasteiger partial charge in [0.1, 0.15) is 17.0 Å². The molecule has 9 nitrogen and oxygen atoms in total. The topological polar surface area (TPSA) is 104 Å². The molecular weight excluding hydrogens is 380 g/mol. The molecule has 0 radical (unpaired) electrons. The molecule has 1 fully saturated rings. The third kappa shape index (κ3) is 3.62. The molecule has 0 unspecified atom stereocenters. The summed E-state index contributed by atoms with van der Waals surface area (Å²) in [6.07, 6.45) is 3.41. The Morgan fingerprint density at radius 2 is 1.83 bits per heavy atom. The Morgan fingerprint density at radius 1 is 1.00 bits per heavy atom. The first-order chi connectivity index (χ1) is 14.8. The predicted octanol–water partition coefficient (Wildman–Crippen LogP) is 3.04. The second-order valence-electron chi connectivity index (χ2n) is 6.95. The zero-order chi connectivity index (χ0) is 20.3. The summed E-state index contributed by atoms with van der Waals surface area (Å²) in [5.41, 5.74) is 5.12. The van der Waals surface area contributed by atoms with Crippen LogP contribution in [0.4, 0.5) is 23.1 Å². The van der Waals surface area contributed by atoms with Gasteiger partial charge in [0, 0.05) is 43.3 Å². The fourth-order valence-electron chi connectivity index (χ4n) is 3.49. The molecule has 0 aliphatic carbocycles. The van der Waals surface area contributed by atoms with Crippen molar-refractivity contribution in [1.29, 1.82) is 0 Å². The van der Waals surface area contributed by atoms with Crippen LogP contribution < -0.4 is 15.5 Å². The fraction of sp³-hybridized carbons (Fsp3) is 0.238. The molecular formula is C21H22N8O. The molecule has 1 aromatic carbocycles. The first-order valence-corrected chi connectivity index (χ1v) is 9.85. The summed E-state index contributed by atoms with van der Waals surface area (Å²) in [6, 6.07) is 12.2. The maximum atomic E-state index is 5.43. The number of aromatic nitrogens is 5. The lowest BCUT2D eigenvalue weighted by Crippen LogP contribution is -2.36. The number of fused-ring (bicyclic) bond motifs is 1. The van der Waals surface area contributed by atoms with Crippen LogP contribution in [0.1, 0.15) is 0 Å². The average Bonchev–Trinajstić information content (AvgIpc) is 3.28. The Morgan fingerprint density at radius 3 is 2.57 bits per heavy atom. The van der Waals surface area contributed by atoms with Crippen LogP contribution in [-0.4, -0.2) is 58.3 Å². The van der Waals surface area contributed by atoms with Crippen LogP contribution in [-0.2, 0) is 4.74 Å². The third-order valence-electron chi connectivity index (χ3n) is 5.08. The van der Waals surface area contributed by atoms with Crippen LogP contribution in [0, 0.1) is 0 Å². The number of ether oxygens (including phenoxy) is 1. The maximum absolute atomic E-state index is 5.43. The molecule has 4 aromatic rings. The summed E-state index contributed by atoms with van der Waals surface area (Å²) < 4.78 is 5.43. The van der Waals surface area contributed by atoms with Crippen LogP contribution in [0.15, 0.2) is 48.9 Å². The Labute approximate surface area is 173 Å². The summed E-state index contributed by atoms with van der Waals surface area (Å²) in [7, 11) is 1.84. The number of imidazole rings is 1. The highest BCUT2D eigenvalue weighted by atomic mass is 16.5. The first-order valence-electron chi connectivity index (χ1n) is 9.85. The predicted molar refractivity (Wildman–Crippen MR) is 117 cm³/mol. The molecule has 5 rings (SSSR count). The monoisotopic (exact) mass is 402 g/mol. The van der Waals surface area contributed by atoms with E-state index < -0.39 is 0 Å². The van der Waals surface area contributed by atoms with E-state index in [1.807, 2.05) is 31.3 Å². The van der Waals surface area contributed by atoms with E-state index in [-0.39, 0.29) is 0 Å². The molecule has 0 atom stereocenters. The standard InChI is InChI=1S/C21H22N8O/c1-22-17-7-2-14(12-23-17)18-19-20(25-13-24-19)28-21(27-18)26-15-3-5-16(6-4-15)29-8-10-30-11-9-29/h2-7,12-13H,8-11H2,1H3,(H,22,23)(H2,24,25,26,27,28). The number of hydrogen-bond acceptors (Lipinski definition) is 8. The van der Waals surface area contributed by atoms with E-state index >= 15 is 0 Å². The summed E-state index contributed by atoms with van der Waals surface area (Å²) >= 11 is 0. The zero-order valence-electron chi connectivity index (χ0n) is 16.6. The summed E-state index contributed by atoms with van der Waals surface area (Å²) in [6.45, 7) is 3.36. The quantitative estimate of drug-likeness (QED) is 0.468. The van der Waals surface area contributed by atoms with Crippen molar-refractivity contribution in [3.63, 3.8) is 0 Å². The molecule has 0 amide bonds. The van der Waals surface area contributed by atoms with Crippen LogP contribution in [0.2, 0.25) is 0 Å². The molecule has 9 heteroatoms. The Kier molecular flexibility index (Phi) is 4.86. The molecule has 1 aliphatic heterocycles. The van der Waals surface area contributed by atoms with Crippen molar-refractivity contribution in [1.82, 2.24) is 24.9 Å². The van der Waals surface area contributed by atoms with Crippen LogP contribution >= 0.6 is 0 Å². The Bertz CT molecular complexity index is 1130. The number of hydrogen-bond donors (Lipinski definition) is 3. The molecule has 1 aliphatic rings. The molecule has 4 heterocycles. The van der Waals surface area contributed by atoms with E-state index in [0.717, 1.165) is 54.6 Å². The summed E-state index contributed by atoms with van der Waals surface area (Å²) in [4.78, 5) is 23.4. The van der Waals surface area contributed by atoms with Gasteiger partial charge in [-0.15, -0.1) is 0 Å². The van der Waals surface area contributed by atoms with Crippen LogP contribution in [0.5, 0.6) is 0 Å². The summed E-state index contributed by atoms with van der Waals surface area (Å²) in [5.74, 6) is 1.29. The molecule has 3 N–H and O–H groups in total. The van der Waals surface area contributed by atoms with E-state index in [0.29, 0.717) is 11.6 Å². The molecule has 0 saturated carbocycles. The fourth-order valence-corrected chi connectivity index (χ4v) is 3.49. The van der Waals surface area contributed by atoms with Gasteiger partial charge in [0.05, 0.1) is 19.5 Å². The van der Waals surface area contributed by atoms with E-state index in [4.69, 9.17) is 9.72 Å². The average molecular weight is 402 g/mol. The zero-order valence-corrected chi connectivity index (χ0v) is 16.6. The van der Waals surface area contributed by atoms with Crippen LogP contribution in [0.25, 0.3) is 22.4 Å². The maximum Gasteiger partial charge on any atom is 0.229 e. The molecule has 30 heavy (non-hydrogen) atoms. The lowest BCUT2D eigenvalue weighted by atomic mass is 10.2. The number of aromatic amines is 1. The minimum Gasteiger partial charge on any atom is -0.378 e. The molecule has 3 aromatic heterocycles. The van der Waals surface area contributed by atoms with E-state index in [1.54, 1.807) is 12.5 Å². The number of nitrogens with zero attached hydrogens (tertiary/aromatic N) is 5. The Balaban J connectivity index is 1.43. The smallest absolute Gasteiger partial charge is 0.229 e. The molecule has 0 bridgehead atoms. The largest absolute Gasteiger partial charge is 0.378 e. The highest BCUT2D eigenvalue weighted by Gasteiger charge is 2.14. The number of benzene rings is 1. The number of H-pyrrole nitrogens is 1. The second-order valence-corrected chi connectivity index (χ2v) is 6.95. The van der Waals surface area contributed by atoms with Gasteiger partial charge < -0.3 is 25.3 Å². The first kappa shape index (κ1) is 18.3. The van der Waals surface area contributed by atoms with Gasteiger partial charge in [0.2, 0.25) is 5.95 Å². The second kappa shape index (κ2) is 7.96. The van der Waals surface area contributed by atoms with Crippen molar-refractivity contribution in [3.05, 3.63) is 48.9 Å². The highest BCUT2D eigenvalue weighted by Crippen LogP contribution is 2.27. The van der Waals surface area contributed by atoms with Gasteiger partial charge in [0.15, 0.2) is 5.65 Å². The third-order valence-corrected chi connectivity index (χ3v) is 5.08.